The topological polar surface area (TPSA) is 0 Å². The van der Waals surface area contributed by atoms with E-state index in [9.17, 15) is 4.39 Å². The van der Waals surface area contributed by atoms with E-state index >= 15 is 0 Å². The second-order valence-corrected chi connectivity index (χ2v) is 6.91. The first kappa shape index (κ1) is 14.3. The summed E-state index contributed by atoms with van der Waals surface area (Å²) in [6.45, 7) is 4.31. The molecule has 0 aromatic carbocycles. The normalized spacial score (nSPS) is 41.8. The Morgan fingerprint density at radius 1 is 0.889 bits per heavy atom. The van der Waals surface area contributed by atoms with Crippen molar-refractivity contribution in [3.05, 3.63) is 0 Å². The predicted octanol–water partition coefficient (Wildman–Crippen LogP) is 5.90. The van der Waals surface area contributed by atoms with Gasteiger partial charge in [0.25, 0.3) is 0 Å². The molecule has 2 aliphatic rings. The molecule has 0 aliphatic heterocycles. The lowest BCUT2D eigenvalue weighted by molar-refractivity contribution is 0.0514. The van der Waals surface area contributed by atoms with Gasteiger partial charge in [-0.2, -0.15) is 0 Å². The fourth-order valence-electron chi connectivity index (χ4n) is 4.34. The van der Waals surface area contributed by atoms with Gasteiger partial charge in [-0.25, -0.2) is 4.39 Å². The molecule has 0 saturated heterocycles. The Hall–Kier alpha value is -0.0700. The van der Waals surface area contributed by atoms with Crippen LogP contribution in [0.4, 0.5) is 4.39 Å². The van der Waals surface area contributed by atoms with Gasteiger partial charge in [-0.1, -0.05) is 39.5 Å². The molecule has 0 unspecified atom stereocenters. The highest BCUT2D eigenvalue weighted by Gasteiger charge is 2.37. The van der Waals surface area contributed by atoms with E-state index in [1.807, 2.05) is 6.92 Å². The van der Waals surface area contributed by atoms with Crippen molar-refractivity contribution in [3.8, 4) is 0 Å². The fourth-order valence-corrected chi connectivity index (χ4v) is 4.34. The lowest BCUT2D eigenvalue weighted by Gasteiger charge is -2.40. The monoisotopic (exact) mass is 254 g/mol. The van der Waals surface area contributed by atoms with E-state index in [0.29, 0.717) is 0 Å². The Bertz CT molecular complexity index is 232. The van der Waals surface area contributed by atoms with Gasteiger partial charge >= 0.3 is 0 Å². The van der Waals surface area contributed by atoms with Crippen molar-refractivity contribution in [2.75, 3.05) is 0 Å². The summed E-state index contributed by atoms with van der Waals surface area (Å²) >= 11 is 0. The van der Waals surface area contributed by atoms with Crippen LogP contribution in [0.25, 0.3) is 0 Å². The Labute approximate surface area is 113 Å². The second-order valence-electron chi connectivity index (χ2n) is 6.91. The molecule has 2 rings (SSSR count). The van der Waals surface area contributed by atoms with Crippen LogP contribution in [0.1, 0.15) is 84.5 Å². The van der Waals surface area contributed by atoms with E-state index in [0.717, 1.165) is 49.9 Å². The molecule has 2 aliphatic carbocycles. The lowest BCUT2D eigenvalue weighted by Crippen LogP contribution is -2.32. The minimum absolute atomic E-state index is 0.725. The van der Waals surface area contributed by atoms with Crippen molar-refractivity contribution in [2.24, 2.45) is 17.8 Å². The van der Waals surface area contributed by atoms with E-state index in [-0.39, 0.29) is 0 Å². The lowest BCUT2D eigenvalue weighted by atomic mass is 9.68. The van der Waals surface area contributed by atoms with Crippen LogP contribution in [-0.2, 0) is 0 Å². The molecule has 0 bridgehead atoms. The summed E-state index contributed by atoms with van der Waals surface area (Å²) in [6, 6.07) is 0. The molecule has 0 radical (unpaired) electrons. The van der Waals surface area contributed by atoms with Crippen LogP contribution in [0, 0.1) is 17.8 Å². The van der Waals surface area contributed by atoms with Gasteiger partial charge in [0.2, 0.25) is 0 Å². The molecule has 0 heterocycles. The first-order valence-corrected chi connectivity index (χ1v) is 8.35. The summed E-state index contributed by atoms with van der Waals surface area (Å²) in [7, 11) is 0. The molecular weight excluding hydrogens is 223 g/mol. The van der Waals surface area contributed by atoms with Crippen LogP contribution in [0.5, 0.6) is 0 Å². The van der Waals surface area contributed by atoms with Gasteiger partial charge in [0, 0.05) is 0 Å². The Kier molecular flexibility index (Phi) is 5.09. The van der Waals surface area contributed by atoms with Gasteiger partial charge in [0.05, 0.1) is 0 Å². The van der Waals surface area contributed by atoms with E-state index in [4.69, 9.17) is 0 Å². The van der Waals surface area contributed by atoms with Gasteiger partial charge in [-0.3, -0.25) is 0 Å². The van der Waals surface area contributed by atoms with Crippen molar-refractivity contribution in [3.63, 3.8) is 0 Å². The van der Waals surface area contributed by atoms with Crippen molar-refractivity contribution in [1.82, 2.24) is 0 Å². The van der Waals surface area contributed by atoms with E-state index in [1.165, 1.54) is 38.5 Å². The summed E-state index contributed by atoms with van der Waals surface area (Å²) < 4.78 is 14.2. The summed E-state index contributed by atoms with van der Waals surface area (Å²) in [6.07, 6.45) is 13.3. The highest BCUT2D eigenvalue weighted by atomic mass is 19.1. The molecular formula is C17H31F. The Morgan fingerprint density at radius 2 is 1.44 bits per heavy atom. The molecule has 0 spiro atoms. The molecule has 0 aromatic rings. The Balaban J connectivity index is 1.74. The van der Waals surface area contributed by atoms with Gasteiger partial charge in [0.15, 0.2) is 0 Å². The quantitative estimate of drug-likeness (QED) is 0.585. The smallest absolute Gasteiger partial charge is 0.110 e. The predicted molar refractivity (Wildman–Crippen MR) is 76.4 cm³/mol. The molecule has 0 atom stereocenters. The maximum atomic E-state index is 14.2. The van der Waals surface area contributed by atoms with Gasteiger partial charge < -0.3 is 0 Å². The summed E-state index contributed by atoms with van der Waals surface area (Å²) in [5, 5.41) is 0. The van der Waals surface area contributed by atoms with Gasteiger partial charge in [-0.15, -0.1) is 0 Å². The number of halogens is 1. The first-order chi connectivity index (χ1) is 8.67. The average molecular weight is 254 g/mol. The maximum Gasteiger partial charge on any atom is 0.110 e. The zero-order chi connectivity index (χ0) is 13.0. The highest BCUT2D eigenvalue weighted by molar-refractivity contribution is 4.88. The van der Waals surface area contributed by atoms with Crippen molar-refractivity contribution in [2.45, 2.75) is 90.1 Å². The molecule has 0 N–H and O–H groups in total. The molecule has 0 aromatic heterocycles. The van der Waals surface area contributed by atoms with Crippen LogP contribution >= 0.6 is 0 Å². The fraction of sp³-hybridized carbons (Fsp3) is 1.00. The molecule has 0 amide bonds. The minimum atomic E-state index is -0.810. The van der Waals surface area contributed by atoms with Crippen molar-refractivity contribution in [1.29, 1.82) is 0 Å². The average Bonchev–Trinajstić information content (AvgIpc) is 2.41. The first-order valence-electron chi connectivity index (χ1n) is 8.35. The molecule has 2 saturated carbocycles. The molecule has 2 fully saturated rings. The molecule has 106 valence electrons. The summed E-state index contributed by atoms with van der Waals surface area (Å²) in [4.78, 5) is 0. The molecule has 18 heavy (non-hydrogen) atoms. The van der Waals surface area contributed by atoms with Crippen LogP contribution in [-0.4, -0.2) is 5.67 Å². The standard InChI is InChI=1S/C17H31F/c1-3-5-14-6-8-15(9-7-14)16-10-12-17(18,4-2)13-11-16/h14-16H,3-13H2,1-2H3/t14-,15-,16?,17?. The van der Waals surface area contributed by atoms with Crippen LogP contribution < -0.4 is 0 Å². The van der Waals surface area contributed by atoms with E-state index in [1.54, 1.807) is 0 Å². The number of hydrogen-bond donors (Lipinski definition) is 0. The van der Waals surface area contributed by atoms with Crippen LogP contribution in [0.15, 0.2) is 0 Å². The van der Waals surface area contributed by atoms with Gasteiger partial charge in [-0.05, 0) is 62.7 Å². The van der Waals surface area contributed by atoms with Crippen molar-refractivity contribution < 1.29 is 4.39 Å². The van der Waals surface area contributed by atoms with Crippen LogP contribution in [0.3, 0.4) is 0 Å². The minimum Gasteiger partial charge on any atom is -0.244 e. The molecule has 0 nitrogen and oxygen atoms in total. The SMILES string of the molecule is CCC[C@H]1CC[C@H](C2CCC(F)(CC)CC2)CC1. The second kappa shape index (κ2) is 6.39. The summed E-state index contributed by atoms with van der Waals surface area (Å²) in [5.41, 5.74) is -0.810. The van der Waals surface area contributed by atoms with Gasteiger partial charge in [0.1, 0.15) is 5.67 Å². The van der Waals surface area contributed by atoms with Crippen LogP contribution in [0.2, 0.25) is 0 Å². The third-order valence-electron chi connectivity index (χ3n) is 5.81. The summed E-state index contributed by atoms with van der Waals surface area (Å²) in [5.74, 6) is 2.79. The molecule has 1 heteroatoms. The zero-order valence-electron chi connectivity index (χ0n) is 12.4. The van der Waals surface area contributed by atoms with E-state index in [2.05, 4.69) is 6.92 Å². The third kappa shape index (κ3) is 3.48. The van der Waals surface area contributed by atoms with E-state index < -0.39 is 5.67 Å². The number of rotatable bonds is 4. The Morgan fingerprint density at radius 3 is 1.94 bits per heavy atom. The maximum absolute atomic E-state index is 14.2. The number of alkyl halides is 1. The zero-order valence-corrected chi connectivity index (χ0v) is 12.4. The van der Waals surface area contributed by atoms with Crippen molar-refractivity contribution >= 4 is 0 Å². The number of hydrogen-bond acceptors (Lipinski definition) is 0. The highest BCUT2D eigenvalue weighted by Crippen LogP contribution is 2.45. The third-order valence-corrected chi connectivity index (χ3v) is 5.81. The largest absolute Gasteiger partial charge is 0.244 e.